The zero-order valence-corrected chi connectivity index (χ0v) is 11.4. The molecular formula is C14H14ClNO3. The first-order chi connectivity index (χ1) is 9.12. The van der Waals surface area contributed by atoms with Crippen LogP contribution in [0.15, 0.2) is 36.4 Å². The molecule has 0 spiro atoms. The summed E-state index contributed by atoms with van der Waals surface area (Å²) >= 11 is 5.92. The van der Waals surface area contributed by atoms with Crippen LogP contribution < -0.4 is 19.9 Å². The highest BCUT2D eigenvalue weighted by Crippen LogP contribution is 2.34. The minimum atomic E-state index is 0.489. The minimum Gasteiger partial charge on any atom is -0.496 e. The van der Waals surface area contributed by atoms with Gasteiger partial charge in [-0.2, -0.15) is 0 Å². The fourth-order valence-corrected chi connectivity index (χ4v) is 1.73. The maximum absolute atomic E-state index is 5.92. The van der Waals surface area contributed by atoms with Crippen molar-refractivity contribution in [3.8, 4) is 23.0 Å². The van der Waals surface area contributed by atoms with E-state index in [9.17, 15) is 0 Å². The smallest absolute Gasteiger partial charge is 0.151 e. The molecule has 0 unspecified atom stereocenters. The number of benzene rings is 2. The van der Waals surface area contributed by atoms with Crippen LogP contribution in [-0.4, -0.2) is 14.2 Å². The van der Waals surface area contributed by atoms with E-state index in [0.29, 0.717) is 33.7 Å². The topological polar surface area (TPSA) is 53.7 Å². The number of anilines is 1. The molecule has 2 aromatic rings. The molecule has 0 amide bonds. The van der Waals surface area contributed by atoms with E-state index >= 15 is 0 Å². The SMILES string of the molecule is COc1cc(OC)cc(Oc2cc(Cl)ccc2N)c1. The van der Waals surface area contributed by atoms with E-state index < -0.39 is 0 Å². The molecular weight excluding hydrogens is 266 g/mol. The number of nitrogens with two attached hydrogens (primary N) is 1. The molecule has 2 rings (SSSR count). The summed E-state index contributed by atoms with van der Waals surface area (Å²) in [5, 5.41) is 0.555. The van der Waals surface area contributed by atoms with Crippen LogP contribution in [-0.2, 0) is 0 Å². The Morgan fingerprint density at radius 1 is 0.895 bits per heavy atom. The van der Waals surface area contributed by atoms with Crippen LogP contribution in [0.3, 0.4) is 0 Å². The van der Waals surface area contributed by atoms with E-state index in [-0.39, 0.29) is 0 Å². The molecule has 0 saturated heterocycles. The van der Waals surface area contributed by atoms with Gasteiger partial charge in [-0.05, 0) is 12.1 Å². The lowest BCUT2D eigenvalue weighted by molar-refractivity contribution is 0.386. The van der Waals surface area contributed by atoms with Gasteiger partial charge in [-0.3, -0.25) is 0 Å². The van der Waals surface area contributed by atoms with Gasteiger partial charge in [0.15, 0.2) is 5.75 Å². The van der Waals surface area contributed by atoms with Crippen LogP contribution in [0.25, 0.3) is 0 Å². The third-order valence-electron chi connectivity index (χ3n) is 2.53. The second-order valence-corrected chi connectivity index (χ2v) is 4.27. The lowest BCUT2D eigenvalue weighted by Gasteiger charge is -2.11. The molecule has 0 atom stereocenters. The largest absolute Gasteiger partial charge is 0.496 e. The lowest BCUT2D eigenvalue weighted by atomic mass is 10.2. The van der Waals surface area contributed by atoms with Gasteiger partial charge in [0.2, 0.25) is 0 Å². The Labute approximate surface area is 116 Å². The van der Waals surface area contributed by atoms with Gasteiger partial charge >= 0.3 is 0 Å². The van der Waals surface area contributed by atoms with Gasteiger partial charge in [0.25, 0.3) is 0 Å². The normalized spacial score (nSPS) is 10.1. The Kier molecular flexibility index (Phi) is 4.02. The molecule has 0 saturated carbocycles. The Bertz CT molecular complexity index is 565. The minimum absolute atomic E-state index is 0.489. The summed E-state index contributed by atoms with van der Waals surface area (Å²) in [5.41, 5.74) is 6.34. The third kappa shape index (κ3) is 3.23. The van der Waals surface area contributed by atoms with Gasteiger partial charge < -0.3 is 19.9 Å². The second-order valence-electron chi connectivity index (χ2n) is 3.83. The zero-order chi connectivity index (χ0) is 13.8. The molecule has 2 aromatic carbocycles. The second kappa shape index (κ2) is 5.71. The number of ether oxygens (including phenoxy) is 3. The summed E-state index contributed by atoms with van der Waals surface area (Å²) in [5.74, 6) is 2.32. The van der Waals surface area contributed by atoms with E-state index in [1.165, 1.54) is 0 Å². The van der Waals surface area contributed by atoms with Crippen molar-refractivity contribution in [3.63, 3.8) is 0 Å². The van der Waals surface area contributed by atoms with Gasteiger partial charge in [-0.1, -0.05) is 11.6 Å². The Balaban J connectivity index is 2.34. The van der Waals surface area contributed by atoms with Crippen LogP contribution in [0.2, 0.25) is 5.02 Å². The molecule has 4 nitrogen and oxygen atoms in total. The third-order valence-corrected chi connectivity index (χ3v) is 2.76. The van der Waals surface area contributed by atoms with Crippen LogP contribution in [0.4, 0.5) is 5.69 Å². The highest BCUT2D eigenvalue weighted by molar-refractivity contribution is 6.30. The summed E-state index contributed by atoms with van der Waals surface area (Å²) in [6, 6.07) is 10.3. The fraction of sp³-hybridized carbons (Fsp3) is 0.143. The molecule has 0 aliphatic rings. The zero-order valence-electron chi connectivity index (χ0n) is 10.6. The summed E-state index contributed by atoms with van der Waals surface area (Å²) in [6.07, 6.45) is 0. The van der Waals surface area contributed by atoms with Crippen molar-refractivity contribution in [2.75, 3.05) is 20.0 Å². The highest BCUT2D eigenvalue weighted by atomic mass is 35.5. The van der Waals surface area contributed by atoms with E-state index in [4.69, 9.17) is 31.5 Å². The predicted octanol–water partition coefficient (Wildman–Crippen LogP) is 3.73. The molecule has 0 radical (unpaired) electrons. The van der Waals surface area contributed by atoms with E-state index in [1.54, 1.807) is 50.6 Å². The van der Waals surface area contributed by atoms with Gasteiger partial charge in [-0.25, -0.2) is 0 Å². The first-order valence-corrected chi connectivity index (χ1v) is 5.96. The fourth-order valence-electron chi connectivity index (χ4n) is 1.56. The van der Waals surface area contributed by atoms with Crippen molar-refractivity contribution in [1.82, 2.24) is 0 Å². The Morgan fingerprint density at radius 3 is 2.05 bits per heavy atom. The first kappa shape index (κ1) is 13.4. The molecule has 100 valence electrons. The standard InChI is InChI=1S/C14H14ClNO3/c1-17-10-6-11(18-2)8-12(7-10)19-14-5-9(15)3-4-13(14)16/h3-8H,16H2,1-2H3. The Hall–Kier alpha value is -2.07. The van der Waals surface area contributed by atoms with Crippen LogP contribution in [0.5, 0.6) is 23.0 Å². The highest BCUT2D eigenvalue weighted by Gasteiger charge is 2.07. The molecule has 0 heterocycles. The number of nitrogen functional groups attached to an aromatic ring is 1. The number of halogens is 1. The van der Waals surface area contributed by atoms with E-state index in [0.717, 1.165) is 0 Å². The number of hydrogen-bond donors (Lipinski definition) is 1. The maximum Gasteiger partial charge on any atom is 0.151 e. The van der Waals surface area contributed by atoms with Crippen molar-refractivity contribution in [1.29, 1.82) is 0 Å². The van der Waals surface area contributed by atoms with Gasteiger partial charge in [-0.15, -0.1) is 0 Å². The number of methoxy groups -OCH3 is 2. The number of rotatable bonds is 4. The van der Waals surface area contributed by atoms with Crippen molar-refractivity contribution in [3.05, 3.63) is 41.4 Å². The molecule has 0 fully saturated rings. The molecule has 0 aliphatic carbocycles. The van der Waals surface area contributed by atoms with Gasteiger partial charge in [0.05, 0.1) is 19.9 Å². The quantitative estimate of drug-likeness (QED) is 0.867. The summed E-state index contributed by atoms with van der Waals surface area (Å²) in [7, 11) is 3.15. The van der Waals surface area contributed by atoms with Crippen molar-refractivity contribution >= 4 is 17.3 Å². The van der Waals surface area contributed by atoms with E-state index in [1.807, 2.05) is 0 Å². The Morgan fingerprint density at radius 2 is 1.47 bits per heavy atom. The van der Waals surface area contributed by atoms with Crippen LogP contribution in [0.1, 0.15) is 0 Å². The van der Waals surface area contributed by atoms with Crippen molar-refractivity contribution in [2.24, 2.45) is 0 Å². The molecule has 0 aromatic heterocycles. The first-order valence-electron chi connectivity index (χ1n) is 5.58. The van der Waals surface area contributed by atoms with E-state index in [2.05, 4.69) is 0 Å². The molecule has 2 N–H and O–H groups in total. The van der Waals surface area contributed by atoms with Crippen LogP contribution >= 0.6 is 11.6 Å². The summed E-state index contributed by atoms with van der Waals surface area (Å²) < 4.78 is 16.0. The average Bonchev–Trinajstić information content (AvgIpc) is 2.42. The predicted molar refractivity (Wildman–Crippen MR) is 75.5 cm³/mol. The number of hydrogen-bond acceptors (Lipinski definition) is 4. The molecule has 0 aliphatic heterocycles. The summed E-state index contributed by atoms with van der Waals surface area (Å²) in [4.78, 5) is 0. The van der Waals surface area contributed by atoms with Gasteiger partial charge in [0, 0.05) is 29.3 Å². The molecule has 5 heteroatoms. The van der Waals surface area contributed by atoms with Crippen molar-refractivity contribution in [2.45, 2.75) is 0 Å². The lowest BCUT2D eigenvalue weighted by Crippen LogP contribution is -1.93. The van der Waals surface area contributed by atoms with Gasteiger partial charge in [0.1, 0.15) is 17.2 Å². The van der Waals surface area contributed by atoms with Crippen molar-refractivity contribution < 1.29 is 14.2 Å². The average molecular weight is 280 g/mol. The summed E-state index contributed by atoms with van der Waals surface area (Å²) in [6.45, 7) is 0. The monoisotopic (exact) mass is 279 g/mol. The molecule has 19 heavy (non-hydrogen) atoms. The molecule has 0 bridgehead atoms. The van der Waals surface area contributed by atoms with Crippen LogP contribution in [0, 0.1) is 0 Å². The maximum atomic E-state index is 5.92.